The molecule has 1 aromatic carbocycles. The van der Waals surface area contributed by atoms with Crippen molar-refractivity contribution in [3.63, 3.8) is 0 Å². The minimum absolute atomic E-state index is 0.356. The quantitative estimate of drug-likeness (QED) is 0.300. The molecule has 1 aliphatic heterocycles. The Balaban J connectivity index is 1.55. The van der Waals surface area contributed by atoms with Gasteiger partial charge in [-0.3, -0.25) is 9.97 Å². The summed E-state index contributed by atoms with van der Waals surface area (Å²) in [4.78, 5) is 20.6. The maximum atomic E-state index is 15.4. The highest BCUT2D eigenvalue weighted by Gasteiger charge is 2.20. The van der Waals surface area contributed by atoms with Crippen molar-refractivity contribution in [2.45, 2.75) is 6.92 Å². The van der Waals surface area contributed by atoms with E-state index in [1.165, 1.54) is 6.07 Å². The minimum atomic E-state index is -0.356. The Morgan fingerprint density at radius 1 is 1.00 bits per heavy atom. The molecule has 1 fully saturated rings. The van der Waals surface area contributed by atoms with Crippen LogP contribution in [-0.2, 0) is 4.74 Å². The molecule has 0 unspecified atom stereocenters. The molecule has 0 atom stereocenters. The number of rotatable bonds is 6. The Kier molecular flexibility index (Phi) is 6.73. The number of fused-ring (bicyclic) bond motifs is 1. The first-order valence-electron chi connectivity index (χ1n) is 12.7. The van der Waals surface area contributed by atoms with Crippen molar-refractivity contribution in [3.05, 3.63) is 84.7 Å². The number of nitrogens with zero attached hydrogens (tertiary/aromatic N) is 5. The fourth-order valence-corrected chi connectivity index (χ4v) is 4.83. The first-order valence-corrected chi connectivity index (χ1v) is 12.7. The van der Waals surface area contributed by atoms with E-state index in [1.807, 2.05) is 49.5 Å². The van der Waals surface area contributed by atoms with Crippen molar-refractivity contribution in [2.75, 3.05) is 43.6 Å². The van der Waals surface area contributed by atoms with Gasteiger partial charge >= 0.3 is 0 Å². The molecule has 39 heavy (non-hydrogen) atoms. The summed E-state index contributed by atoms with van der Waals surface area (Å²) in [5.74, 6) is 1.08. The number of anilines is 3. The molecular weight excluding hydrogens is 495 g/mol. The smallest absolute Gasteiger partial charge is 0.137 e. The largest absolute Gasteiger partial charge is 0.495 e. The Labute approximate surface area is 225 Å². The predicted octanol–water partition coefficient (Wildman–Crippen LogP) is 5.79. The van der Waals surface area contributed by atoms with Gasteiger partial charge in [-0.05, 0) is 37.3 Å². The van der Waals surface area contributed by atoms with E-state index in [0.717, 1.165) is 41.3 Å². The summed E-state index contributed by atoms with van der Waals surface area (Å²) in [6, 6.07) is 14.5. The highest BCUT2D eigenvalue weighted by atomic mass is 19.1. The van der Waals surface area contributed by atoms with Crippen molar-refractivity contribution in [1.29, 1.82) is 0 Å². The van der Waals surface area contributed by atoms with Crippen molar-refractivity contribution in [2.24, 2.45) is 0 Å². The van der Waals surface area contributed by atoms with Gasteiger partial charge in [0.1, 0.15) is 17.4 Å². The molecular formula is C30H27FN6O2. The Bertz CT molecular complexity index is 1640. The zero-order chi connectivity index (χ0) is 26.8. The van der Waals surface area contributed by atoms with Crippen molar-refractivity contribution < 1.29 is 13.9 Å². The third-order valence-corrected chi connectivity index (χ3v) is 6.86. The average molecular weight is 523 g/mol. The van der Waals surface area contributed by atoms with Crippen LogP contribution in [0.15, 0.2) is 73.3 Å². The number of pyridine rings is 4. The van der Waals surface area contributed by atoms with Gasteiger partial charge in [0.25, 0.3) is 0 Å². The number of hydrogen-bond acceptors (Lipinski definition) is 8. The first-order chi connectivity index (χ1) is 19.1. The third-order valence-electron chi connectivity index (χ3n) is 6.86. The van der Waals surface area contributed by atoms with E-state index in [-0.39, 0.29) is 5.82 Å². The Morgan fingerprint density at radius 2 is 1.87 bits per heavy atom. The van der Waals surface area contributed by atoms with Gasteiger partial charge in [0.2, 0.25) is 0 Å². The van der Waals surface area contributed by atoms with Crippen molar-refractivity contribution >= 4 is 28.1 Å². The van der Waals surface area contributed by atoms with E-state index in [4.69, 9.17) is 19.4 Å². The SMILES string of the molecule is COc1cncc(-c2cnc(N3CCOCC3)cc2Nc2c(C)c(-c3ccccn3)nc3cccc(F)c23)c1. The van der Waals surface area contributed by atoms with Crippen LogP contribution >= 0.6 is 0 Å². The lowest BCUT2D eigenvalue weighted by atomic mass is 10.0. The van der Waals surface area contributed by atoms with Gasteiger partial charge in [0, 0.05) is 54.4 Å². The van der Waals surface area contributed by atoms with Crippen LogP contribution in [0.5, 0.6) is 5.75 Å². The summed E-state index contributed by atoms with van der Waals surface area (Å²) in [6.45, 7) is 4.68. The van der Waals surface area contributed by atoms with Gasteiger partial charge in [-0.1, -0.05) is 12.1 Å². The molecule has 4 aromatic heterocycles. The molecule has 5 heterocycles. The number of halogens is 1. The number of aromatic nitrogens is 4. The van der Waals surface area contributed by atoms with E-state index in [1.54, 1.807) is 31.8 Å². The summed E-state index contributed by atoms with van der Waals surface area (Å²) in [6.07, 6.45) is 6.96. The van der Waals surface area contributed by atoms with E-state index in [9.17, 15) is 0 Å². The monoisotopic (exact) mass is 522 g/mol. The normalized spacial score (nSPS) is 13.5. The van der Waals surface area contributed by atoms with Crippen LogP contribution < -0.4 is 15.0 Å². The molecule has 1 N–H and O–H groups in total. The van der Waals surface area contributed by atoms with Crippen molar-refractivity contribution in [1.82, 2.24) is 19.9 Å². The average Bonchev–Trinajstić information content (AvgIpc) is 2.99. The number of hydrogen-bond donors (Lipinski definition) is 1. The van der Waals surface area contributed by atoms with Crippen LogP contribution in [0.3, 0.4) is 0 Å². The molecule has 6 rings (SSSR count). The van der Waals surface area contributed by atoms with E-state index < -0.39 is 0 Å². The maximum Gasteiger partial charge on any atom is 0.137 e. The summed E-state index contributed by atoms with van der Waals surface area (Å²) >= 11 is 0. The summed E-state index contributed by atoms with van der Waals surface area (Å²) in [5, 5.41) is 3.99. The van der Waals surface area contributed by atoms with E-state index in [0.29, 0.717) is 46.9 Å². The topological polar surface area (TPSA) is 85.3 Å². The summed E-state index contributed by atoms with van der Waals surface area (Å²) in [5.41, 5.74) is 5.72. The molecule has 0 radical (unpaired) electrons. The molecule has 0 spiro atoms. The highest BCUT2D eigenvalue weighted by molar-refractivity contribution is 5.99. The van der Waals surface area contributed by atoms with Crippen LogP contribution in [-0.4, -0.2) is 53.3 Å². The standard InChI is InChI=1S/C30H27FN6O2/c1-19-29(25-7-3-4-9-33-25)35-24-8-5-6-23(31)28(24)30(19)36-26-15-27(37-10-12-39-13-11-37)34-18-22(26)20-14-21(38-2)17-32-16-20/h3-9,14-18H,10-13H2,1-2H3,(H,34,35,36). The fourth-order valence-electron chi connectivity index (χ4n) is 4.83. The summed E-state index contributed by atoms with van der Waals surface area (Å²) in [7, 11) is 1.61. The van der Waals surface area contributed by atoms with Gasteiger partial charge in [0.15, 0.2) is 0 Å². The second kappa shape index (κ2) is 10.6. The molecule has 0 bridgehead atoms. The lowest BCUT2D eigenvalue weighted by molar-refractivity contribution is 0.122. The van der Waals surface area contributed by atoms with Crippen LogP contribution in [0.4, 0.5) is 21.6 Å². The van der Waals surface area contributed by atoms with Crippen LogP contribution in [0, 0.1) is 12.7 Å². The van der Waals surface area contributed by atoms with Crippen LogP contribution in [0.25, 0.3) is 33.4 Å². The molecule has 8 nitrogen and oxygen atoms in total. The first kappa shape index (κ1) is 24.7. The molecule has 0 amide bonds. The number of nitrogens with one attached hydrogen (secondary N) is 1. The maximum absolute atomic E-state index is 15.4. The number of morpholine rings is 1. The highest BCUT2D eigenvalue weighted by Crippen LogP contribution is 2.39. The second-order valence-electron chi connectivity index (χ2n) is 9.24. The molecule has 5 aromatic rings. The predicted molar refractivity (Wildman–Crippen MR) is 150 cm³/mol. The molecule has 1 saturated heterocycles. The van der Waals surface area contributed by atoms with Crippen LogP contribution in [0.1, 0.15) is 5.56 Å². The lowest BCUT2D eigenvalue weighted by Crippen LogP contribution is -2.36. The molecule has 0 aliphatic carbocycles. The van der Waals surface area contributed by atoms with Gasteiger partial charge in [-0.25, -0.2) is 14.4 Å². The molecule has 0 saturated carbocycles. The lowest BCUT2D eigenvalue weighted by Gasteiger charge is -2.28. The van der Waals surface area contributed by atoms with E-state index >= 15 is 4.39 Å². The molecule has 1 aliphatic rings. The van der Waals surface area contributed by atoms with Gasteiger partial charge < -0.3 is 19.7 Å². The Morgan fingerprint density at radius 3 is 2.67 bits per heavy atom. The molecule has 9 heteroatoms. The zero-order valence-corrected chi connectivity index (χ0v) is 21.7. The minimum Gasteiger partial charge on any atom is -0.495 e. The number of ether oxygens (including phenoxy) is 2. The Hall–Kier alpha value is -4.63. The number of benzene rings is 1. The molecule has 196 valence electrons. The fraction of sp³-hybridized carbons (Fsp3) is 0.200. The van der Waals surface area contributed by atoms with Gasteiger partial charge in [-0.2, -0.15) is 0 Å². The summed E-state index contributed by atoms with van der Waals surface area (Å²) < 4.78 is 26.4. The van der Waals surface area contributed by atoms with Gasteiger partial charge in [-0.15, -0.1) is 0 Å². The third kappa shape index (κ3) is 4.84. The van der Waals surface area contributed by atoms with Gasteiger partial charge in [0.05, 0.1) is 60.2 Å². The van der Waals surface area contributed by atoms with Crippen molar-refractivity contribution in [3.8, 4) is 28.3 Å². The number of methoxy groups -OCH3 is 1. The van der Waals surface area contributed by atoms with Crippen LogP contribution in [0.2, 0.25) is 0 Å². The second-order valence-corrected chi connectivity index (χ2v) is 9.24. The zero-order valence-electron chi connectivity index (χ0n) is 21.7. The van der Waals surface area contributed by atoms with E-state index in [2.05, 4.69) is 20.2 Å².